The van der Waals surface area contributed by atoms with E-state index in [1.54, 1.807) is 19.1 Å². The molecule has 0 bridgehead atoms. The van der Waals surface area contributed by atoms with E-state index >= 15 is 0 Å². The van der Waals surface area contributed by atoms with E-state index in [-0.39, 0.29) is 5.92 Å². The lowest BCUT2D eigenvalue weighted by Gasteiger charge is -2.20. The lowest BCUT2D eigenvalue weighted by atomic mass is 9.99. The molecule has 5 nitrogen and oxygen atoms in total. The van der Waals surface area contributed by atoms with Gasteiger partial charge in [0.2, 0.25) is 0 Å². The zero-order chi connectivity index (χ0) is 15.1. The van der Waals surface area contributed by atoms with Crippen molar-refractivity contribution in [3.8, 4) is 0 Å². The second-order valence-corrected chi connectivity index (χ2v) is 4.85. The van der Waals surface area contributed by atoms with E-state index in [4.69, 9.17) is 5.11 Å². The molecule has 0 fully saturated rings. The van der Waals surface area contributed by atoms with Gasteiger partial charge in [0.25, 0.3) is 0 Å². The summed E-state index contributed by atoms with van der Waals surface area (Å²) in [5.41, 5.74) is 1.83. The number of anilines is 1. The molecule has 1 rings (SSSR count). The fourth-order valence-electron chi connectivity index (χ4n) is 1.82. The highest BCUT2D eigenvalue weighted by atomic mass is 16.4. The minimum absolute atomic E-state index is 0.124. The molecule has 0 saturated heterocycles. The number of carboxylic acids is 1. The van der Waals surface area contributed by atoms with Gasteiger partial charge in [0, 0.05) is 5.69 Å². The molecule has 20 heavy (non-hydrogen) atoms. The van der Waals surface area contributed by atoms with Gasteiger partial charge in [-0.3, -0.25) is 0 Å². The van der Waals surface area contributed by atoms with E-state index < -0.39 is 18.0 Å². The molecule has 110 valence electrons. The minimum Gasteiger partial charge on any atom is -0.480 e. The van der Waals surface area contributed by atoms with Gasteiger partial charge in [-0.05, 0) is 30.0 Å². The Morgan fingerprint density at radius 1 is 1.20 bits per heavy atom. The van der Waals surface area contributed by atoms with Crippen molar-refractivity contribution >= 4 is 17.7 Å². The molecule has 0 spiro atoms. The Kier molecular flexibility index (Phi) is 6.03. The van der Waals surface area contributed by atoms with Crippen molar-refractivity contribution in [3.63, 3.8) is 0 Å². The Morgan fingerprint density at radius 2 is 1.80 bits per heavy atom. The molecule has 1 aromatic carbocycles. The topological polar surface area (TPSA) is 78.4 Å². The maximum absolute atomic E-state index is 11.8. The predicted octanol–water partition coefficient (Wildman–Crippen LogP) is 2.87. The average molecular weight is 278 g/mol. The zero-order valence-corrected chi connectivity index (χ0v) is 12.1. The van der Waals surface area contributed by atoms with E-state index in [0.717, 1.165) is 6.42 Å². The van der Waals surface area contributed by atoms with Crippen molar-refractivity contribution in [1.29, 1.82) is 0 Å². The third-order valence-electron chi connectivity index (χ3n) is 3.39. The number of hydrogen-bond donors (Lipinski definition) is 3. The molecule has 5 heteroatoms. The van der Waals surface area contributed by atoms with Crippen molar-refractivity contribution in [2.75, 3.05) is 5.32 Å². The molecule has 0 aliphatic rings. The van der Waals surface area contributed by atoms with Crippen LogP contribution >= 0.6 is 0 Å². The van der Waals surface area contributed by atoms with E-state index in [1.807, 2.05) is 19.1 Å². The summed E-state index contributed by atoms with van der Waals surface area (Å²) in [4.78, 5) is 22.9. The fourth-order valence-corrected chi connectivity index (χ4v) is 1.82. The molecule has 2 amide bonds. The number of carbonyl (C=O) groups excluding carboxylic acids is 1. The van der Waals surface area contributed by atoms with Gasteiger partial charge in [0.15, 0.2) is 0 Å². The van der Waals surface area contributed by atoms with Crippen LogP contribution in [0.4, 0.5) is 10.5 Å². The lowest BCUT2D eigenvalue weighted by molar-refractivity contribution is -0.140. The number of nitrogens with one attached hydrogen (secondary N) is 2. The Morgan fingerprint density at radius 3 is 2.25 bits per heavy atom. The maximum atomic E-state index is 11.8. The van der Waals surface area contributed by atoms with Gasteiger partial charge in [0.05, 0.1) is 0 Å². The molecule has 2 atom stereocenters. The Balaban J connectivity index is 2.63. The summed E-state index contributed by atoms with van der Waals surface area (Å²) in [6, 6.07) is 6.09. The second kappa shape index (κ2) is 7.53. The third kappa shape index (κ3) is 4.57. The number of carbonyl (C=O) groups is 2. The Labute approximate surface area is 119 Å². The number of amides is 2. The van der Waals surface area contributed by atoms with Gasteiger partial charge in [-0.1, -0.05) is 39.3 Å². The van der Waals surface area contributed by atoms with Crippen molar-refractivity contribution < 1.29 is 14.7 Å². The molecule has 0 aliphatic carbocycles. The van der Waals surface area contributed by atoms with Crippen LogP contribution in [0.15, 0.2) is 24.3 Å². The molecule has 3 N–H and O–H groups in total. The van der Waals surface area contributed by atoms with E-state index in [9.17, 15) is 9.59 Å². The highest BCUT2D eigenvalue weighted by molar-refractivity contribution is 5.92. The van der Waals surface area contributed by atoms with Crippen molar-refractivity contribution in [3.05, 3.63) is 29.8 Å². The monoisotopic (exact) mass is 278 g/mol. The summed E-state index contributed by atoms with van der Waals surface area (Å²) in [7, 11) is 0. The van der Waals surface area contributed by atoms with Crippen LogP contribution in [0.2, 0.25) is 0 Å². The number of urea groups is 1. The molecule has 0 saturated carbocycles. The number of benzene rings is 1. The molecule has 0 aromatic heterocycles. The first-order chi connectivity index (χ1) is 9.47. The number of carboxylic acid groups (broad SMARTS) is 1. The van der Waals surface area contributed by atoms with Crippen molar-refractivity contribution in [2.24, 2.45) is 5.92 Å². The first-order valence-electron chi connectivity index (χ1n) is 6.87. The van der Waals surface area contributed by atoms with Crippen LogP contribution in [0, 0.1) is 5.92 Å². The SMILES string of the molecule is CCc1ccc(NC(=O)N[C@H](C(=O)O)C(C)CC)cc1. The van der Waals surface area contributed by atoms with Crippen molar-refractivity contribution in [2.45, 2.75) is 39.7 Å². The number of rotatable bonds is 6. The average Bonchev–Trinajstić information content (AvgIpc) is 2.44. The van der Waals surface area contributed by atoms with Gasteiger partial charge in [-0.2, -0.15) is 0 Å². The number of aryl methyl sites for hydroxylation is 1. The standard InChI is InChI=1S/C15H22N2O3/c1-4-10(3)13(14(18)19)17-15(20)16-12-8-6-11(5-2)7-9-12/h6-10,13H,4-5H2,1-3H3,(H,18,19)(H2,16,17,20)/t10?,13-/m0/s1. The van der Waals surface area contributed by atoms with Crippen LogP contribution in [0.5, 0.6) is 0 Å². The fraction of sp³-hybridized carbons (Fsp3) is 0.467. The molecule has 1 unspecified atom stereocenters. The summed E-state index contributed by atoms with van der Waals surface area (Å²) in [5.74, 6) is -1.14. The summed E-state index contributed by atoms with van der Waals surface area (Å²) in [6.45, 7) is 5.75. The molecule has 0 aliphatic heterocycles. The maximum Gasteiger partial charge on any atom is 0.326 e. The largest absolute Gasteiger partial charge is 0.480 e. The highest BCUT2D eigenvalue weighted by Gasteiger charge is 2.25. The van der Waals surface area contributed by atoms with Crippen LogP contribution in [0.3, 0.4) is 0 Å². The quantitative estimate of drug-likeness (QED) is 0.748. The first kappa shape index (κ1) is 16.0. The summed E-state index contributed by atoms with van der Waals surface area (Å²) in [6.07, 6.45) is 1.62. The van der Waals surface area contributed by atoms with Crippen LogP contribution in [0.1, 0.15) is 32.8 Å². The molecule has 0 radical (unpaired) electrons. The smallest absolute Gasteiger partial charge is 0.326 e. The van der Waals surface area contributed by atoms with Gasteiger partial charge in [-0.15, -0.1) is 0 Å². The summed E-state index contributed by atoms with van der Waals surface area (Å²) < 4.78 is 0. The molecular formula is C15H22N2O3. The van der Waals surface area contributed by atoms with Crippen LogP contribution in [0.25, 0.3) is 0 Å². The summed E-state index contributed by atoms with van der Waals surface area (Å²) in [5, 5.41) is 14.3. The van der Waals surface area contributed by atoms with Gasteiger partial charge in [0.1, 0.15) is 6.04 Å². The molecular weight excluding hydrogens is 256 g/mol. The lowest BCUT2D eigenvalue weighted by Crippen LogP contribution is -2.46. The van der Waals surface area contributed by atoms with Crippen LogP contribution in [-0.2, 0) is 11.2 Å². The zero-order valence-electron chi connectivity index (χ0n) is 12.1. The normalized spacial score (nSPS) is 13.3. The van der Waals surface area contributed by atoms with Crippen LogP contribution < -0.4 is 10.6 Å². The van der Waals surface area contributed by atoms with Gasteiger partial charge in [-0.25, -0.2) is 9.59 Å². The van der Waals surface area contributed by atoms with Crippen molar-refractivity contribution in [1.82, 2.24) is 5.32 Å². The van der Waals surface area contributed by atoms with E-state index in [0.29, 0.717) is 12.1 Å². The number of aliphatic carboxylic acids is 1. The minimum atomic E-state index is -1.02. The Hall–Kier alpha value is -2.04. The van der Waals surface area contributed by atoms with Gasteiger partial charge >= 0.3 is 12.0 Å². The first-order valence-corrected chi connectivity index (χ1v) is 6.87. The molecule has 0 heterocycles. The van der Waals surface area contributed by atoms with Gasteiger partial charge < -0.3 is 15.7 Å². The van der Waals surface area contributed by atoms with Crippen LogP contribution in [-0.4, -0.2) is 23.1 Å². The molecule has 1 aromatic rings. The third-order valence-corrected chi connectivity index (χ3v) is 3.39. The Bertz CT molecular complexity index is 457. The highest BCUT2D eigenvalue weighted by Crippen LogP contribution is 2.11. The van der Waals surface area contributed by atoms with E-state index in [2.05, 4.69) is 17.6 Å². The predicted molar refractivity (Wildman–Crippen MR) is 78.9 cm³/mol. The van der Waals surface area contributed by atoms with E-state index in [1.165, 1.54) is 5.56 Å². The summed E-state index contributed by atoms with van der Waals surface area (Å²) >= 11 is 0. The number of hydrogen-bond acceptors (Lipinski definition) is 2. The second-order valence-electron chi connectivity index (χ2n) is 4.85.